The van der Waals surface area contributed by atoms with Crippen molar-refractivity contribution in [2.24, 2.45) is 0 Å². The minimum atomic E-state index is -0.903. The second-order valence-electron chi connectivity index (χ2n) is 8.25. The zero-order chi connectivity index (χ0) is 21.8. The van der Waals surface area contributed by atoms with Gasteiger partial charge in [-0.1, -0.05) is 0 Å². The van der Waals surface area contributed by atoms with Gasteiger partial charge in [-0.3, -0.25) is 10.1 Å². The Morgan fingerprint density at radius 1 is 1.10 bits per heavy atom. The minimum absolute atomic E-state index is 0.0596. The number of ether oxygens (including phenoxy) is 3. The fourth-order valence-corrected chi connectivity index (χ4v) is 3.01. The predicted molar refractivity (Wildman–Crippen MR) is 108 cm³/mol. The van der Waals surface area contributed by atoms with Crippen LogP contribution in [0.15, 0.2) is 24.3 Å². The summed E-state index contributed by atoms with van der Waals surface area (Å²) in [6, 6.07) is 6.17. The first-order valence-electron chi connectivity index (χ1n) is 9.70. The molecule has 0 saturated carbocycles. The molecule has 1 aliphatic rings. The number of nitrogens with zero attached hydrogens (tertiary/aromatic N) is 1. The van der Waals surface area contributed by atoms with E-state index in [-0.39, 0.29) is 23.7 Å². The molecule has 8 heteroatoms. The largest absolute Gasteiger partial charge is 0.449 e. The second kappa shape index (κ2) is 9.26. The number of carbonyl (C=O) groups excluding carboxylic acids is 3. The number of rotatable bonds is 4. The molecule has 0 spiro atoms. The Labute approximate surface area is 171 Å². The van der Waals surface area contributed by atoms with Gasteiger partial charge in [0, 0.05) is 18.8 Å². The molecule has 3 atom stereocenters. The molecule has 3 unspecified atom stereocenters. The molecule has 1 aromatic rings. The normalized spacial score (nSPS) is 20.6. The fourth-order valence-electron chi connectivity index (χ4n) is 3.01. The van der Waals surface area contributed by atoms with Crippen LogP contribution in [0.4, 0.5) is 10.5 Å². The van der Waals surface area contributed by atoms with Crippen molar-refractivity contribution in [3.8, 4) is 0 Å². The van der Waals surface area contributed by atoms with E-state index >= 15 is 0 Å². The SMILES string of the molecule is CC1CN(C(=O)C(C)OC(=O)c2ccc(NC(=O)OC(C)(C)C)cc2)CC(C)O1. The standard InChI is InChI=1S/C21H30N2O6/c1-13-11-23(12-14(2)27-13)18(24)15(3)28-19(25)16-7-9-17(10-8-16)22-20(26)29-21(4,5)6/h7-10,13-15H,11-12H2,1-6H3,(H,22,26). The molecule has 0 aromatic heterocycles. The first-order chi connectivity index (χ1) is 13.4. The summed E-state index contributed by atoms with van der Waals surface area (Å²) >= 11 is 0. The van der Waals surface area contributed by atoms with Crippen LogP contribution in [0.3, 0.4) is 0 Å². The zero-order valence-electron chi connectivity index (χ0n) is 17.9. The maximum atomic E-state index is 12.6. The zero-order valence-corrected chi connectivity index (χ0v) is 17.9. The van der Waals surface area contributed by atoms with Gasteiger partial charge < -0.3 is 19.1 Å². The van der Waals surface area contributed by atoms with Gasteiger partial charge in [-0.05, 0) is 65.8 Å². The summed E-state index contributed by atoms with van der Waals surface area (Å²) in [6.45, 7) is 11.6. The van der Waals surface area contributed by atoms with Crippen LogP contribution >= 0.6 is 0 Å². The number of hydrogen-bond acceptors (Lipinski definition) is 6. The summed E-state index contributed by atoms with van der Waals surface area (Å²) in [4.78, 5) is 38.4. The molecule has 0 radical (unpaired) electrons. The Balaban J connectivity index is 1.91. The molecule has 1 aromatic carbocycles. The van der Waals surface area contributed by atoms with Gasteiger partial charge in [-0.2, -0.15) is 0 Å². The highest BCUT2D eigenvalue weighted by Crippen LogP contribution is 2.16. The van der Waals surface area contributed by atoms with E-state index in [1.807, 2.05) is 13.8 Å². The average molecular weight is 406 g/mol. The first kappa shape index (κ1) is 22.7. The minimum Gasteiger partial charge on any atom is -0.449 e. The summed E-state index contributed by atoms with van der Waals surface area (Å²) in [5, 5.41) is 2.59. The van der Waals surface area contributed by atoms with Gasteiger partial charge in [0.1, 0.15) is 5.60 Å². The van der Waals surface area contributed by atoms with Crippen LogP contribution in [0, 0.1) is 0 Å². The second-order valence-corrected chi connectivity index (χ2v) is 8.25. The molecule has 1 heterocycles. The predicted octanol–water partition coefficient (Wildman–Crippen LogP) is 3.21. The Morgan fingerprint density at radius 3 is 2.17 bits per heavy atom. The molecule has 2 amide bonds. The molecular formula is C21H30N2O6. The molecule has 1 fully saturated rings. The van der Waals surface area contributed by atoms with E-state index in [1.54, 1.807) is 44.7 Å². The summed E-state index contributed by atoms with van der Waals surface area (Å²) in [5.74, 6) is -0.854. The number of esters is 1. The van der Waals surface area contributed by atoms with E-state index in [0.29, 0.717) is 18.8 Å². The molecule has 8 nitrogen and oxygen atoms in total. The molecule has 1 saturated heterocycles. The molecule has 1 aliphatic heterocycles. The number of benzene rings is 1. The van der Waals surface area contributed by atoms with Gasteiger partial charge in [0.25, 0.3) is 5.91 Å². The molecule has 2 rings (SSSR count). The lowest BCUT2D eigenvalue weighted by atomic mass is 10.2. The number of morpholine rings is 1. The van der Waals surface area contributed by atoms with Gasteiger partial charge in [0.15, 0.2) is 6.10 Å². The maximum Gasteiger partial charge on any atom is 0.412 e. The van der Waals surface area contributed by atoms with Gasteiger partial charge in [0.05, 0.1) is 17.8 Å². The Hall–Kier alpha value is -2.61. The monoisotopic (exact) mass is 406 g/mol. The van der Waals surface area contributed by atoms with Crippen LogP contribution in [0.25, 0.3) is 0 Å². The van der Waals surface area contributed by atoms with E-state index in [1.165, 1.54) is 12.1 Å². The Morgan fingerprint density at radius 2 is 1.66 bits per heavy atom. The van der Waals surface area contributed by atoms with Crippen LogP contribution in [0.1, 0.15) is 51.9 Å². The van der Waals surface area contributed by atoms with Gasteiger partial charge in [0.2, 0.25) is 0 Å². The Kier molecular flexibility index (Phi) is 7.24. The highest BCUT2D eigenvalue weighted by atomic mass is 16.6. The van der Waals surface area contributed by atoms with Crippen LogP contribution in [0.5, 0.6) is 0 Å². The molecule has 0 bridgehead atoms. The topological polar surface area (TPSA) is 94.2 Å². The third-order valence-electron chi connectivity index (χ3n) is 4.13. The molecule has 160 valence electrons. The van der Waals surface area contributed by atoms with E-state index in [0.717, 1.165) is 0 Å². The van der Waals surface area contributed by atoms with Crippen molar-refractivity contribution in [3.05, 3.63) is 29.8 Å². The average Bonchev–Trinajstić information content (AvgIpc) is 2.59. The van der Waals surface area contributed by atoms with Crippen molar-refractivity contribution in [3.63, 3.8) is 0 Å². The molecule has 1 N–H and O–H groups in total. The number of amides is 2. The number of anilines is 1. The Bertz CT molecular complexity index is 731. The van der Waals surface area contributed by atoms with Crippen molar-refractivity contribution in [1.29, 1.82) is 0 Å². The molecular weight excluding hydrogens is 376 g/mol. The van der Waals surface area contributed by atoms with E-state index in [4.69, 9.17) is 14.2 Å². The van der Waals surface area contributed by atoms with E-state index in [9.17, 15) is 14.4 Å². The molecule has 29 heavy (non-hydrogen) atoms. The van der Waals surface area contributed by atoms with E-state index < -0.39 is 23.8 Å². The van der Waals surface area contributed by atoms with Crippen LogP contribution < -0.4 is 5.32 Å². The van der Waals surface area contributed by atoms with Gasteiger partial charge in [-0.25, -0.2) is 9.59 Å². The first-order valence-corrected chi connectivity index (χ1v) is 9.70. The third-order valence-corrected chi connectivity index (χ3v) is 4.13. The van der Waals surface area contributed by atoms with E-state index in [2.05, 4.69) is 5.32 Å². The lowest BCUT2D eigenvalue weighted by Crippen LogP contribution is -2.51. The highest BCUT2D eigenvalue weighted by Gasteiger charge is 2.30. The van der Waals surface area contributed by atoms with Gasteiger partial charge in [-0.15, -0.1) is 0 Å². The van der Waals surface area contributed by atoms with Crippen LogP contribution in [-0.2, 0) is 19.0 Å². The summed E-state index contributed by atoms with van der Waals surface area (Å²) in [5.41, 5.74) is 0.159. The van der Waals surface area contributed by atoms with Gasteiger partial charge >= 0.3 is 12.1 Å². The van der Waals surface area contributed by atoms with Crippen molar-refractivity contribution in [2.45, 2.75) is 65.5 Å². The third kappa shape index (κ3) is 7.05. The highest BCUT2D eigenvalue weighted by molar-refractivity contribution is 5.93. The quantitative estimate of drug-likeness (QED) is 0.772. The maximum absolute atomic E-state index is 12.6. The van der Waals surface area contributed by atoms with Crippen molar-refractivity contribution in [2.75, 3.05) is 18.4 Å². The van der Waals surface area contributed by atoms with Crippen molar-refractivity contribution >= 4 is 23.7 Å². The lowest BCUT2D eigenvalue weighted by molar-refractivity contribution is -0.151. The number of hydrogen-bond donors (Lipinski definition) is 1. The fraction of sp³-hybridized carbons (Fsp3) is 0.571. The van der Waals surface area contributed by atoms with Crippen molar-refractivity contribution < 1.29 is 28.6 Å². The number of nitrogens with one attached hydrogen (secondary N) is 1. The smallest absolute Gasteiger partial charge is 0.412 e. The summed E-state index contributed by atoms with van der Waals surface area (Å²) in [6.07, 6.45) is -1.60. The molecule has 0 aliphatic carbocycles. The van der Waals surface area contributed by atoms with Crippen LogP contribution in [-0.4, -0.2) is 59.9 Å². The summed E-state index contributed by atoms with van der Waals surface area (Å²) < 4.78 is 16.1. The lowest BCUT2D eigenvalue weighted by Gasteiger charge is -2.36. The van der Waals surface area contributed by atoms with Crippen molar-refractivity contribution in [1.82, 2.24) is 4.90 Å². The van der Waals surface area contributed by atoms with Crippen LogP contribution in [0.2, 0.25) is 0 Å². The number of carbonyl (C=O) groups is 3. The summed E-state index contributed by atoms with van der Waals surface area (Å²) in [7, 11) is 0.